The molecule has 1 fully saturated rings. The average molecular weight is 194 g/mol. The van der Waals surface area contributed by atoms with Crippen LogP contribution in [-0.2, 0) is 0 Å². The molecular weight excluding hydrogens is 171 g/mol. The smallest absolute Gasteiger partial charge is 0.0653 e. The molecule has 0 aromatic carbocycles. The van der Waals surface area contributed by atoms with Crippen LogP contribution in [0.3, 0.4) is 0 Å². The number of hydrogen-bond donors (Lipinski definition) is 1. The molecule has 0 aromatic heterocycles. The lowest BCUT2D eigenvalue weighted by Crippen LogP contribution is -2.44. The second-order valence-corrected chi connectivity index (χ2v) is 4.85. The Hall–Kier alpha value is -0.0151. The number of nitrogens with zero attached hydrogens (tertiary/aromatic N) is 1. The zero-order valence-electron chi connectivity index (χ0n) is 9.47. The van der Waals surface area contributed by atoms with Crippen molar-refractivity contribution >= 4 is 7.85 Å². The molecular formula is C11H23BN2. The van der Waals surface area contributed by atoms with Crippen LogP contribution in [0.15, 0.2) is 0 Å². The van der Waals surface area contributed by atoms with E-state index in [1.807, 2.05) is 0 Å². The molecule has 0 spiro atoms. The van der Waals surface area contributed by atoms with Crippen LogP contribution < -0.4 is 5.73 Å². The van der Waals surface area contributed by atoms with Gasteiger partial charge in [0.1, 0.15) is 0 Å². The Morgan fingerprint density at radius 2 is 2.00 bits per heavy atom. The van der Waals surface area contributed by atoms with Gasteiger partial charge in [-0.2, -0.15) is 0 Å². The highest BCUT2D eigenvalue weighted by Crippen LogP contribution is 2.17. The van der Waals surface area contributed by atoms with Crippen LogP contribution in [0.25, 0.3) is 0 Å². The molecule has 80 valence electrons. The SMILES string of the molecule is [B]CCCCC(C)(N)CCN1CCC1. The molecule has 0 aliphatic carbocycles. The van der Waals surface area contributed by atoms with E-state index in [-0.39, 0.29) is 5.54 Å². The largest absolute Gasteiger partial charge is 0.325 e. The van der Waals surface area contributed by atoms with Crippen LogP contribution in [0.4, 0.5) is 0 Å². The van der Waals surface area contributed by atoms with Crippen LogP contribution >= 0.6 is 0 Å². The highest BCUT2D eigenvalue weighted by molar-refractivity contribution is 6.08. The summed E-state index contributed by atoms with van der Waals surface area (Å²) < 4.78 is 0. The molecule has 1 unspecified atom stereocenters. The lowest BCUT2D eigenvalue weighted by atomic mass is 9.89. The van der Waals surface area contributed by atoms with Crippen molar-refractivity contribution in [3.8, 4) is 0 Å². The van der Waals surface area contributed by atoms with E-state index in [9.17, 15) is 0 Å². The molecule has 2 nitrogen and oxygen atoms in total. The quantitative estimate of drug-likeness (QED) is 0.492. The lowest BCUT2D eigenvalue weighted by molar-refractivity contribution is 0.162. The summed E-state index contributed by atoms with van der Waals surface area (Å²) in [7, 11) is 5.46. The van der Waals surface area contributed by atoms with Crippen LogP contribution in [-0.4, -0.2) is 37.9 Å². The predicted octanol–water partition coefficient (Wildman–Crippen LogP) is 1.56. The molecule has 0 amide bonds. The summed E-state index contributed by atoms with van der Waals surface area (Å²) in [5.74, 6) is 0. The molecule has 1 aliphatic heterocycles. The minimum absolute atomic E-state index is 0.0186. The summed E-state index contributed by atoms with van der Waals surface area (Å²) in [6.07, 6.45) is 6.67. The normalized spacial score (nSPS) is 21.6. The van der Waals surface area contributed by atoms with Crippen molar-refractivity contribution in [2.24, 2.45) is 5.73 Å². The highest BCUT2D eigenvalue weighted by atomic mass is 15.2. The van der Waals surface area contributed by atoms with Crippen molar-refractivity contribution in [3.05, 3.63) is 0 Å². The Bertz CT molecular complexity index is 155. The van der Waals surface area contributed by atoms with Gasteiger partial charge in [-0.15, -0.1) is 0 Å². The molecule has 14 heavy (non-hydrogen) atoms. The first-order valence-corrected chi connectivity index (χ1v) is 5.85. The van der Waals surface area contributed by atoms with E-state index < -0.39 is 0 Å². The van der Waals surface area contributed by atoms with E-state index in [0.29, 0.717) is 0 Å². The van der Waals surface area contributed by atoms with Crippen LogP contribution in [0.5, 0.6) is 0 Å². The van der Waals surface area contributed by atoms with E-state index in [1.54, 1.807) is 0 Å². The van der Waals surface area contributed by atoms with Crippen molar-refractivity contribution < 1.29 is 0 Å². The molecule has 2 radical (unpaired) electrons. The molecule has 2 N–H and O–H groups in total. The summed E-state index contributed by atoms with van der Waals surface area (Å²) in [4.78, 5) is 2.48. The fourth-order valence-corrected chi connectivity index (χ4v) is 1.82. The number of hydrogen-bond acceptors (Lipinski definition) is 2. The fraction of sp³-hybridized carbons (Fsp3) is 1.00. The van der Waals surface area contributed by atoms with Gasteiger partial charge in [-0.1, -0.05) is 19.2 Å². The van der Waals surface area contributed by atoms with Crippen molar-refractivity contribution in [2.45, 2.75) is 50.9 Å². The Labute approximate surface area is 89.6 Å². The van der Waals surface area contributed by atoms with Crippen molar-refractivity contribution in [1.82, 2.24) is 4.90 Å². The standard InChI is InChI=1S/C11H23BN2/c1-11(13,5-2-3-7-12)6-10-14-8-4-9-14/h2-10,13H2,1H3. The van der Waals surface area contributed by atoms with E-state index in [2.05, 4.69) is 11.8 Å². The number of unbranched alkanes of at least 4 members (excludes halogenated alkanes) is 1. The molecule has 0 saturated carbocycles. The zero-order valence-corrected chi connectivity index (χ0v) is 9.47. The Balaban J connectivity index is 2.05. The van der Waals surface area contributed by atoms with Crippen molar-refractivity contribution in [3.63, 3.8) is 0 Å². The Morgan fingerprint density at radius 3 is 2.50 bits per heavy atom. The third kappa shape index (κ3) is 4.47. The molecule has 0 bridgehead atoms. The average Bonchev–Trinajstić information content (AvgIpc) is 2.01. The Kier molecular flexibility index (Phi) is 4.97. The predicted molar refractivity (Wildman–Crippen MR) is 62.7 cm³/mol. The summed E-state index contributed by atoms with van der Waals surface area (Å²) in [5.41, 5.74) is 6.24. The van der Waals surface area contributed by atoms with Gasteiger partial charge in [0, 0.05) is 5.54 Å². The number of nitrogens with two attached hydrogens (primary N) is 1. The summed E-state index contributed by atoms with van der Waals surface area (Å²) in [5, 5.41) is 0. The molecule has 1 heterocycles. The van der Waals surface area contributed by atoms with E-state index in [4.69, 9.17) is 13.6 Å². The van der Waals surface area contributed by atoms with Crippen molar-refractivity contribution in [1.29, 1.82) is 0 Å². The van der Waals surface area contributed by atoms with Gasteiger partial charge in [0.15, 0.2) is 0 Å². The maximum Gasteiger partial charge on any atom is 0.0653 e. The van der Waals surface area contributed by atoms with Gasteiger partial charge in [0.25, 0.3) is 0 Å². The first kappa shape index (κ1) is 12.1. The minimum Gasteiger partial charge on any atom is -0.325 e. The third-order valence-electron chi connectivity index (χ3n) is 3.15. The minimum atomic E-state index is 0.0186. The second kappa shape index (κ2) is 5.77. The van der Waals surface area contributed by atoms with Crippen molar-refractivity contribution in [2.75, 3.05) is 19.6 Å². The maximum absolute atomic E-state index is 6.22. The summed E-state index contributed by atoms with van der Waals surface area (Å²) in [6.45, 7) is 5.90. The van der Waals surface area contributed by atoms with Gasteiger partial charge in [0.05, 0.1) is 7.85 Å². The first-order chi connectivity index (χ1) is 6.64. The second-order valence-electron chi connectivity index (χ2n) is 4.85. The van der Waals surface area contributed by atoms with E-state index in [0.717, 1.165) is 25.6 Å². The number of rotatable bonds is 7. The summed E-state index contributed by atoms with van der Waals surface area (Å²) >= 11 is 0. The Morgan fingerprint density at radius 1 is 1.29 bits per heavy atom. The van der Waals surface area contributed by atoms with Gasteiger partial charge in [-0.3, -0.25) is 0 Å². The topological polar surface area (TPSA) is 29.3 Å². The highest BCUT2D eigenvalue weighted by Gasteiger charge is 2.21. The van der Waals surface area contributed by atoms with Crippen LogP contribution in [0, 0.1) is 0 Å². The lowest BCUT2D eigenvalue weighted by Gasteiger charge is -2.34. The van der Waals surface area contributed by atoms with Crippen LogP contribution in [0.2, 0.25) is 6.32 Å². The molecule has 1 rings (SSSR count). The molecule has 1 saturated heterocycles. The first-order valence-electron chi connectivity index (χ1n) is 5.85. The zero-order chi connectivity index (χ0) is 10.4. The maximum atomic E-state index is 6.22. The monoisotopic (exact) mass is 194 g/mol. The van der Waals surface area contributed by atoms with Gasteiger partial charge >= 0.3 is 0 Å². The van der Waals surface area contributed by atoms with E-state index >= 15 is 0 Å². The molecule has 1 atom stereocenters. The molecule has 0 aromatic rings. The third-order valence-corrected chi connectivity index (χ3v) is 3.15. The van der Waals surface area contributed by atoms with E-state index in [1.165, 1.54) is 32.5 Å². The van der Waals surface area contributed by atoms with Gasteiger partial charge in [0.2, 0.25) is 0 Å². The summed E-state index contributed by atoms with van der Waals surface area (Å²) in [6, 6.07) is 0. The van der Waals surface area contributed by atoms with Gasteiger partial charge < -0.3 is 10.6 Å². The van der Waals surface area contributed by atoms with Gasteiger partial charge in [-0.25, -0.2) is 0 Å². The van der Waals surface area contributed by atoms with Crippen LogP contribution in [0.1, 0.15) is 39.0 Å². The molecule has 3 heteroatoms. The van der Waals surface area contributed by atoms with Gasteiger partial charge in [-0.05, 0) is 45.8 Å². The number of likely N-dealkylation sites (tertiary alicyclic amines) is 1. The molecule has 1 aliphatic rings. The fourth-order valence-electron chi connectivity index (χ4n) is 1.82.